The van der Waals surface area contributed by atoms with Gasteiger partial charge in [-0.25, -0.2) is 0 Å². The predicted molar refractivity (Wildman–Crippen MR) is 101 cm³/mol. The molecule has 0 spiro atoms. The molecule has 0 amide bonds. The number of rotatable bonds is 8. The van der Waals surface area contributed by atoms with Gasteiger partial charge in [-0.05, 0) is 46.9 Å². The lowest BCUT2D eigenvalue weighted by molar-refractivity contribution is 0.267. The van der Waals surface area contributed by atoms with Gasteiger partial charge >= 0.3 is 0 Å². The molecule has 2 aromatic heterocycles. The van der Waals surface area contributed by atoms with Crippen molar-refractivity contribution in [2.45, 2.75) is 40.2 Å². The number of tetrazole rings is 1. The molecule has 0 saturated heterocycles. The second kappa shape index (κ2) is 8.12. The first-order chi connectivity index (χ1) is 12.5. The summed E-state index contributed by atoms with van der Waals surface area (Å²) in [6.07, 6.45) is 0.956. The smallest absolute Gasteiger partial charge is 0.200 e. The summed E-state index contributed by atoms with van der Waals surface area (Å²) in [5, 5.41) is 19.4. The average Bonchev–Trinajstić information content (AvgIpc) is 3.07. The molecule has 0 bridgehead atoms. The van der Waals surface area contributed by atoms with Crippen LogP contribution in [0.4, 0.5) is 5.82 Å². The van der Waals surface area contributed by atoms with Crippen molar-refractivity contribution >= 4 is 11.5 Å². The van der Waals surface area contributed by atoms with Gasteiger partial charge in [0.2, 0.25) is 0 Å². The molecule has 138 valence electrons. The topological polar surface area (TPSA) is 77.2 Å². The number of para-hydroxylation sites is 1. The molecule has 1 aromatic carbocycles. The van der Waals surface area contributed by atoms with Crippen LogP contribution in [-0.4, -0.2) is 31.9 Å². The van der Waals surface area contributed by atoms with Crippen LogP contribution in [0.25, 0.3) is 5.65 Å². The van der Waals surface area contributed by atoms with Gasteiger partial charge in [0.05, 0.1) is 12.6 Å². The van der Waals surface area contributed by atoms with E-state index in [-0.39, 0.29) is 6.04 Å². The van der Waals surface area contributed by atoms with E-state index in [4.69, 9.17) is 4.74 Å². The zero-order valence-corrected chi connectivity index (χ0v) is 15.8. The fourth-order valence-electron chi connectivity index (χ4n) is 2.80. The zero-order chi connectivity index (χ0) is 18.5. The third kappa shape index (κ3) is 4.47. The number of hydrogen-bond acceptors (Lipinski definition) is 6. The fourth-order valence-corrected chi connectivity index (χ4v) is 2.80. The maximum atomic E-state index is 6.06. The van der Waals surface area contributed by atoms with E-state index in [2.05, 4.69) is 59.7 Å². The number of anilines is 1. The van der Waals surface area contributed by atoms with E-state index >= 15 is 0 Å². The fraction of sp³-hybridized carbons (Fsp3) is 0.474. The Morgan fingerprint density at radius 1 is 1.04 bits per heavy atom. The quantitative estimate of drug-likeness (QED) is 0.664. The molecule has 0 fully saturated rings. The number of fused-ring (bicyclic) bond motifs is 1. The standard InChI is InChI=1S/C19H26N6O/c1-13(2)11-16(15-7-5-6-8-17(15)26-12-14(3)4)20-18-9-10-19-21-23-24-25(19)22-18/h5-10,13-14,16H,11-12H2,1-4H3,(H,20,22). The van der Waals surface area contributed by atoms with Crippen LogP contribution in [0.1, 0.15) is 45.7 Å². The summed E-state index contributed by atoms with van der Waals surface area (Å²) in [7, 11) is 0. The molecule has 0 aliphatic heterocycles. The highest BCUT2D eigenvalue weighted by Crippen LogP contribution is 2.32. The summed E-state index contributed by atoms with van der Waals surface area (Å²) >= 11 is 0. The van der Waals surface area contributed by atoms with Gasteiger partial charge in [0.15, 0.2) is 5.65 Å². The molecule has 1 unspecified atom stereocenters. The molecule has 3 aromatic rings. The predicted octanol–water partition coefficient (Wildman–Crippen LogP) is 3.75. The molecule has 0 radical (unpaired) electrons. The molecule has 0 saturated carbocycles. The van der Waals surface area contributed by atoms with Crippen molar-refractivity contribution in [3.8, 4) is 5.75 Å². The highest BCUT2D eigenvalue weighted by molar-refractivity contribution is 5.46. The normalized spacial score (nSPS) is 12.7. The van der Waals surface area contributed by atoms with E-state index in [0.717, 1.165) is 23.6 Å². The third-order valence-corrected chi connectivity index (χ3v) is 3.97. The summed E-state index contributed by atoms with van der Waals surface area (Å²) in [5.41, 5.74) is 1.76. The molecule has 0 aliphatic carbocycles. The Labute approximate surface area is 153 Å². The van der Waals surface area contributed by atoms with Crippen molar-refractivity contribution in [1.82, 2.24) is 25.3 Å². The highest BCUT2D eigenvalue weighted by Gasteiger charge is 2.19. The molecule has 0 aliphatic rings. The van der Waals surface area contributed by atoms with Gasteiger partial charge in [-0.1, -0.05) is 45.9 Å². The lowest BCUT2D eigenvalue weighted by Gasteiger charge is -2.24. The van der Waals surface area contributed by atoms with Crippen molar-refractivity contribution < 1.29 is 4.74 Å². The Bertz CT molecular complexity index is 845. The Morgan fingerprint density at radius 2 is 1.85 bits per heavy atom. The molecule has 3 rings (SSSR count). The highest BCUT2D eigenvalue weighted by atomic mass is 16.5. The van der Waals surface area contributed by atoms with Crippen molar-refractivity contribution in [3.63, 3.8) is 0 Å². The van der Waals surface area contributed by atoms with Crippen molar-refractivity contribution in [3.05, 3.63) is 42.0 Å². The molecule has 7 nitrogen and oxygen atoms in total. The van der Waals surface area contributed by atoms with Crippen molar-refractivity contribution in [2.24, 2.45) is 11.8 Å². The first-order valence-electron chi connectivity index (χ1n) is 9.06. The van der Waals surface area contributed by atoms with Gasteiger partial charge in [0, 0.05) is 5.56 Å². The summed E-state index contributed by atoms with van der Waals surface area (Å²) < 4.78 is 7.49. The maximum absolute atomic E-state index is 6.06. The molecular formula is C19H26N6O. The van der Waals surface area contributed by atoms with Crippen LogP contribution in [-0.2, 0) is 0 Å². The largest absolute Gasteiger partial charge is 0.493 e. The van der Waals surface area contributed by atoms with Gasteiger partial charge < -0.3 is 10.1 Å². The van der Waals surface area contributed by atoms with E-state index in [9.17, 15) is 0 Å². The second-order valence-electron chi connectivity index (χ2n) is 7.31. The minimum Gasteiger partial charge on any atom is -0.493 e. The summed E-state index contributed by atoms with van der Waals surface area (Å²) in [4.78, 5) is 0. The number of nitrogens with zero attached hydrogens (tertiary/aromatic N) is 5. The average molecular weight is 354 g/mol. The molecular weight excluding hydrogens is 328 g/mol. The number of hydrogen-bond donors (Lipinski definition) is 1. The van der Waals surface area contributed by atoms with Gasteiger partial charge in [-0.15, -0.1) is 14.8 Å². The van der Waals surface area contributed by atoms with E-state index in [1.54, 1.807) is 0 Å². The van der Waals surface area contributed by atoms with Gasteiger partial charge in [0.25, 0.3) is 0 Å². The van der Waals surface area contributed by atoms with Crippen LogP contribution in [0.2, 0.25) is 0 Å². The number of ether oxygens (including phenoxy) is 1. The van der Waals surface area contributed by atoms with Crippen LogP contribution < -0.4 is 10.1 Å². The van der Waals surface area contributed by atoms with Crippen LogP contribution in [0.15, 0.2) is 36.4 Å². The van der Waals surface area contributed by atoms with Crippen LogP contribution in [0.3, 0.4) is 0 Å². The van der Waals surface area contributed by atoms with Crippen molar-refractivity contribution in [2.75, 3.05) is 11.9 Å². The lowest BCUT2D eigenvalue weighted by Crippen LogP contribution is -2.17. The minimum atomic E-state index is 0.0831. The first-order valence-corrected chi connectivity index (χ1v) is 9.06. The SMILES string of the molecule is CC(C)COc1ccccc1C(CC(C)C)Nc1ccc2nnnn2n1. The Balaban J connectivity index is 1.88. The van der Waals surface area contributed by atoms with Crippen LogP contribution in [0, 0.1) is 11.8 Å². The van der Waals surface area contributed by atoms with Gasteiger partial charge in [-0.3, -0.25) is 0 Å². The maximum Gasteiger partial charge on any atom is 0.200 e. The Hall–Kier alpha value is -2.70. The van der Waals surface area contributed by atoms with E-state index in [1.807, 2.05) is 30.3 Å². The number of benzene rings is 1. The van der Waals surface area contributed by atoms with E-state index in [1.165, 1.54) is 4.63 Å². The minimum absolute atomic E-state index is 0.0831. The molecule has 26 heavy (non-hydrogen) atoms. The Kier molecular flexibility index (Phi) is 5.65. The van der Waals surface area contributed by atoms with Crippen molar-refractivity contribution in [1.29, 1.82) is 0 Å². The molecule has 2 heterocycles. The molecule has 1 atom stereocenters. The van der Waals surface area contributed by atoms with Crippen LogP contribution >= 0.6 is 0 Å². The first kappa shape index (κ1) is 18.1. The lowest BCUT2D eigenvalue weighted by atomic mass is 9.96. The summed E-state index contributed by atoms with van der Waals surface area (Å²) in [6.45, 7) is 9.42. The Morgan fingerprint density at radius 3 is 2.62 bits per heavy atom. The molecule has 1 N–H and O–H groups in total. The van der Waals surface area contributed by atoms with Gasteiger partial charge in [-0.2, -0.15) is 0 Å². The summed E-state index contributed by atoms with van der Waals surface area (Å²) in [5.74, 6) is 2.64. The van der Waals surface area contributed by atoms with Crippen LogP contribution in [0.5, 0.6) is 5.75 Å². The monoisotopic (exact) mass is 354 g/mol. The van der Waals surface area contributed by atoms with Gasteiger partial charge in [0.1, 0.15) is 11.6 Å². The third-order valence-electron chi connectivity index (χ3n) is 3.97. The summed E-state index contributed by atoms with van der Waals surface area (Å²) in [6, 6.07) is 12.0. The second-order valence-corrected chi connectivity index (χ2v) is 7.31. The zero-order valence-electron chi connectivity index (χ0n) is 15.8. The number of aromatic nitrogens is 5. The van der Waals surface area contributed by atoms with E-state index in [0.29, 0.717) is 24.1 Å². The number of nitrogens with one attached hydrogen (secondary N) is 1. The van der Waals surface area contributed by atoms with E-state index < -0.39 is 0 Å². The molecule has 7 heteroatoms.